The summed E-state index contributed by atoms with van der Waals surface area (Å²) in [5, 5.41) is 22.0. The van der Waals surface area contributed by atoms with Gasteiger partial charge in [-0.2, -0.15) is 0 Å². The molecule has 0 bridgehead atoms. The van der Waals surface area contributed by atoms with E-state index in [4.69, 9.17) is 4.74 Å². The number of nitrogens with zero attached hydrogens (tertiary/aromatic N) is 1. The van der Waals surface area contributed by atoms with Crippen molar-refractivity contribution in [2.75, 3.05) is 11.9 Å². The van der Waals surface area contributed by atoms with Crippen LogP contribution in [-0.2, 0) is 22.4 Å². The van der Waals surface area contributed by atoms with Crippen molar-refractivity contribution >= 4 is 28.3 Å². The van der Waals surface area contributed by atoms with Gasteiger partial charge in [-0.05, 0) is 38.3 Å². The van der Waals surface area contributed by atoms with E-state index in [1.165, 1.54) is 23.5 Å². The van der Waals surface area contributed by atoms with E-state index in [0.717, 1.165) is 16.6 Å². The molecule has 1 aliphatic rings. The van der Waals surface area contributed by atoms with Crippen LogP contribution in [0.5, 0.6) is 11.5 Å². The van der Waals surface area contributed by atoms with Crippen LogP contribution in [0.15, 0.2) is 18.2 Å². The normalized spacial score (nSPS) is 16.1. The number of benzene rings is 1. The molecule has 1 aromatic heterocycles. The molecule has 0 spiro atoms. The maximum atomic E-state index is 12.2. The predicted octanol–water partition coefficient (Wildman–Crippen LogP) is 2.47. The lowest BCUT2D eigenvalue weighted by atomic mass is 9.91. The van der Waals surface area contributed by atoms with Gasteiger partial charge in [-0.25, -0.2) is 4.98 Å². The summed E-state index contributed by atoms with van der Waals surface area (Å²) in [4.78, 5) is 29.5. The molecule has 2 aromatic rings. The highest BCUT2D eigenvalue weighted by Crippen LogP contribution is 2.33. The fourth-order valence-electron chi connectivity index (χ4n) is 2.79. The molecule has 0 saturated heterocycles. The van der Waals surface area contributed by atoms with Gasteiger partial charge in [-0.15, -0.1) is 11.3 Å². The Bertz CT molecular complexity index is 797. The Morgan fingerprint density at radius 2 is 2.04 bits per heavy atom. The minimum absolute atomic E-state index is 0.134. The SMILES string of the molecule is CCOC(=O)C1CCc2nc(NC(=O)c3cc(O)cc(O)c3)sc2C1. The van der Waals surface area contributed by atoms with Crippen LogP contribution in [0.1, 0.15) is 34.3 Å². The third kappa shape index (κ3) is 3.90. The number of thiazole rings is 1. The molecule has 1 atom stereocenters. The Morgan fingerprint density at radius 3 is 2.72 bits per heavy atom. The van der Waals surface area contributed by atoms with E-state index in [1.54, 1.807) is 6.92 Å². The molecule has 8 heteroatoms. The number of aromatic hydroxyl groups is 2. The van der Waals surface area contributed by atoms with Crippen molar-refractivity contribution in [2.45, 2.75) is 26.2 Å². The molecule has 0 fully saturated rings. The first-order chi connectivity index (χ1) is 12.0. The second-order valence-electron chi connectivity index (χ2n) is 5.77. The Kier molecular flexibility index (Phi) is 4.89. The number of fused-ring (bicyclic) bond motifs is 1. The summed E-state index contributed by atoms with van der Waals surface area (Å²) in [7, 11) is 0. The summed E-state index contributed by atoms with van der Waals surface area (Å²) in [6, 6.07) is 3.67. The molecule has 1 amide bonds. The first kappa shape index (κ1) is 17.2. The lowest BCUT2D eigenvalue weighted by Crippen LogP contribution is -2.24. The van der Waals surface area contributed by atoms with Crippen molar-refractivity contribution in [1.29, 1.82) is 0 Å². The highest BCUT2D eigenvalue weighted by molar-refractivity contribution is 7.15. The van der Waals surface area contributed by atoms with Crippen LogP contribution in [0.3, 0.4) is 0 Å². The fraction of sp³-hybridized carbons (Fsp3) is 0.353. The number of hydrogen-bond donors (Lipinski definition) is 3. The topological polar surface area (TPSA) is 109 Å². The summed E-state index contributed by atoms with van der Waals surface area (Å²) in [5.74, 6) is -1.22. The Hall–Kier alpha value is -2.61. The van der Waals surface area contributed by atoms with Crippen molar-refractivity contribution in [2.24, 2.45) is 5.92 Å². The van der Waals surface area contributed by atoms with Gasteiger partial charge in [0.1, 0.15) is 11.5 Å². The third-order valence-corrected chi connectivity index (χ3v) is 4.98. The molecule has 3 N–H and O–H groups in total. The van der Waals surface area contributed by atoms with Crippen LogP contribution < -0.4 is 5.32 Å². The van der Waals surface area contributed by atoms with Gasteiger partial charge in [0.15, 0.2) is 5.13 Å². The number of aromatic nitrogens is 1. The first-order valence-electron chi connectivity index (χ1n) is 7.96. The second-order valence-corrected chi connectivity index (χ2v) is 6.86. The van der Waals surface area contributed by atoms with Crippen LogP contribution in [0.2, 0.25) is 0 Å². The van der Waals surface area contributed by atoms with E-state index in [2.05, 4.69) is 10.3 Å². The van der Waals surface area contributed by atoms with E-state index in [9.17, 15) is 19.8 Å². The Balaban J connectivity index is 1.71. The molecule has 1 unspecified atom stereocenters. The molecule has 7 nitrogen and oxygen atoms in total. The molecule has 0 saturated carbocycles. The molecule has 1 aliphatic carbocycles. The number of amides is 1. The number of aryl methyl sites for hydroxylation is 1. The molecule has 1 aromatic carbocycles. The number of anilines is 1. The van der Waals surface area contributed by atoms with Gasteiger partial charge in [0, 0.05) is 16.5 Å². The molecular weight excluding hydrogens is 344 g/mol. The number of rotatable bonds is 4. The fourth-order valence-corrected chi connectivity index (χ4v) is 3.87. The highest BCUT2D eigenvalue weighted by Gasteiger charge is 2.28. The van der Waals surface area contributed by atoms with Crippen LogP contribution in [0.25, 0.3) is 0 Å². The molecule has 132 valence electrons. The molecule has 1 heterocycles. The lowest BCUT2D eigenvalue weighted by molar-refractivity contribution is -0.148. The number of phenolic OH excluding ortho intramolecular Hbond substituents is 2. The Labute approximate surface area is 148 Å². The summed E-state index contributed by atoms with van der Waals surface area (Å²) in [6.45, 7) is 2.15. The number of hydrogen-bond acceptors (Lipinski definition) is 7. The van der Waals surface area contributed by atoms with Crippen molar-refractivity contribution in [3.05, 3.63) is 34.3 Å². The molecule has 25 heavy (non-hydrogen) atoms. The summed E-state index contributed by atoms with van der Waals surface area (Å²) in [5.41, 5.74) is 1.02. The van der Waals surface area contributed by atoms with E-state index in [1.807, 2.05) is 0 Å². The van der Waals surface area contributed by atoms with Crippen molar-refractivity contribution in [3.8, 4) is 11.5 Å². The number of nitrogens with one attached hydrogen (secondary N) is 1. The smallest absolute Gasteiger partial charge is 0.309 e. The van der Waals surface area contributed by atoms with Crippen LogP contribution in [0, 0.1) is 5.92 Å². The van der Waals surface area contributed by atoms with E-state index in [0.29, 0.717) is 31.0 Å². The Morgan fingerprint density at radius 1 is 1.32 bits per heavy atom. The van der Waals surface area contributed by atoms with Crippen molar-refractivity contribution in [1.82, 2.24) is 4.98 Å². The number of carbonyl (C=O) groups is 2. The standard InChI is InChI=1S/C17H18N2O5S/c1-2-24-16(23)9-3-4-13-14(7-9)25-17(18-13)19-15(22)10-5-11(20)8-12(21)6-10/h5-6,8-9,20-21H,2-4,7H2,1H3,(H,18,19,22). The second kappa shape index (κ2) is 7.10. The number of carbonyl (C=O) groups excluding carboxylic acids is 2. The third-order valence-electron chi connectivity index (χ3n) is 3.94. The van der Waals surface area contributed by atoms with Gasteiger partial charge in [0.25, 0.3) is 5.91 Å². The van der Waals surface area contributed by atoms with Crippen molar-refractivity contribution in [3.63, 3.8) is 0 Å². The minimum Gasteiger partial charge on any atom is -0.508 e. The van der Waals surface area contributed by atoms with Crippen molar-refractivity contribution < 1.29 is 24.5 Å². The van der Waals surface area contributed by atoms with Gasteiger partial charge in [0.2, 0.25) is 0 Å². The van der Waals surface area contributed by atoms with E-state index < -0.39 is 5.91 Å². The quantitative estimate of drug-likeness (QED) is 0.721. The lowest BCUT2D eigenvalue weighted by Gasteiger charge is -2.18. The zero-order chi connectivity index (χ0) is 18.0. The van der Waals surface area contributed by atoms with E-state index >= 15 is 0 Å². The van der Waals surface area contributed by atoms with Crippen LogP contribution in [0.4, 0.5) is 5.13 Å². The number of ether oxygens (including phenoxy) is 1. The first-order valence-corrected chi connectivity index (χ1v) is 8.77. The van der Waals surface area contributed by atoms with Crippen LogP contribution >= 0.6 is 11.3 Å². The predicted molar refractivity (Wildman–Crippen MR) is 92.0 cm³/mol. The minimum atomic E-state index is -0.473. The van der Waals surface area contributed by atoms with Gasteiger partial charge in [0.05, 0.1) is 18.2 Å². The molecule has 0 radical (unpaired) electrons. The summed E-state index contributed by atoms with van der Waals surface area (Å²) in [6.07, 6.45) is 1.91. The van der Waals surface area contributed by atoms with Gasteiger partial charge < -0.3 is 14.9 Å². The average molecular weight is 362 g/mol. The number of esters is 1. The maximum absolute atomic E-state index is 12.2. The molecular formula is C17H18N2O5S. The maximum Gasteiger partial charge on any atom is 0.309 e. The molecule has 3 rings (SSSR count). The zero-order valence-electron chi connectivity index (χ0n) is 13.6. The zero-order valence-corrected chi connectivity index (χ0v) is 14.4. The molecule has 0 aliphatic heterocycles. The largest absolute Gasteiger partial charge is 0.508 e. The highest BCUT2D eigenvalue weighted by atomic mass is 32.1. The summed E-state index contributed by atoms with van der Waals surface area (Å²) < 4.78 is 5.08. The van der Waals surface area contributed by atoms with Gasteiger partial charge in [-0.1, -0.05) is 0 Å². The monoisotopic (exact) mass is 362 g/mol. The number of phenols is 2. The van der Waals surface area contributed by atoms with E-state index in [-0.39, 0.29) is 28.9 Å². The average Bonchev–Trinajstić information content (AvgIpc) is 2.95. The van der Waals surface area contributed by atoms with Crippen LogP contribution in [-0.4, -0.2) is 33.7 Å². The van der Waals surface area contributed by atoms with Gasteiger partial charge in [-0.3, -0.25) is 14.9 Å². The van der Waals surface area contributed by atoms with Gasteiger partial charge >= 0.3 is 5.97 Å². The summed E-state index contributed by atoms with van der Waals surface area (Å²) >= 11 is 1.33.